The minimum Gasteiger partial charge on any atom is -0.370 e. The van der Waals surface area contributed by atoms with Gasteiger partial charge in [0, 0.05) is 30.6 Å². The van der Waals surface area contributed by atoms with Crippen molar-refractivity contribution in [1.82, 2.24) is 19.7 Å². The molecule has 0 spiro atoms. The van der Waals surface area contributed by atoms with E-state index in [1.807, 2.05) is 60.7 Å². The minimum atomic E-state index is -0.377. The zero-order valence-electron chi connectivity index (χ0n) is 18.3. The molecule has 162 valence electrons. The maximum Gasteiger partial charge on any atom is 0.255 e. The molecule has 2 amide bonds. The number of hydrogen-bond acceptors (Lipinski definition) is 4. The van der Waals surface area contributed by atoms with Gasteiger partial charge in [0.2, 0.25) is 5.91 Å². The van der Waals surface area contributed by atoms with E-state index < -0.39 is 0 Å². The molecule has 31 heavy (non-hydrogen) atoms. The average molecular weight is 420 g/mol. The summed E-state index contributed by atoms with van der Waals surface area (Å²) in [5.74, 6) is -0.464. The van der Waals surface area contributed by atoms with Crippen LogP contribution in [-0.2, 0) is 4.79 Å². The standard InChI is InChI=1S/C24H29N5O2/c1-15(2)29-23-20(14-26-29)19(13-21(27-23)18-10-5-4-8-16(18)3)24(31)28-11-7-6-9-17(28)12-22(25)30/h4-5,8,10,13-15,17H,6-7,9,11-12H2,1-3H3,(H2,25,30). The lowest BCUT2D eigenvalue weighted by Crippen LogP contribution is -2.45. The molecule has 1 unspecified atom stereocenters. The third kappa shape index (κ3) is 4.04. The third-order valence-electron chi connectivity index (χ3n) is 6.03. The van der Waals surface area contributed by atoms with E-state index in [2.05, 4.69) is 5.10 Å². The van der Waals surface area contributed by atoms with E-state index in [9.17, 15) is 9.59 Å². The summed E-state index contributed by atoms with van der Waals surface area (Å²) in [6.07, 6.45) is 4.62. The molecule has 2 N–H and O–H groups in total. The molecule has 7 heteroatoms. The number of fused-ring (bicyclic) bond motifs is 1. The fraction of sp³-hybridized carbons (Fsp3) is 0.417. The lowest BCUT2D eigenvalue weighted by Gasteiger charge is -2.35. The first-order chi connectivity index (χ1) is 14.9. The highest BCUT2D eigenvalue weighted by molar-refractivity contribution is 6.06. The first-order valence-corrected chi connectivity index (χ1v) is 10.9. The molecule has 1 aliphatic heterocycles. The van der Waals surface area contributed by atoms with Crippen molar-refractivity contribution in [2.45, 2.75) is 58.5 Å². The molecule has 0 radical (unpaired) electrons. The number of primary amides is 1. The van der Waals surface area contributed by atoms with E-state index in [0.717, 1.165) is 41.5 Å². The summed E-state index contributed by atoms with van der Waals surface area (Å²) < 4.78 is 1.85. The summed E-state index contributed by atoms with van der Waals surface area (Å²) in [4.78, 5) is 32.1. The number of likely N-dealkylation sites (tertiary alicyclic amines) is 1. The highest BCUT2D eigenvalue weighted by Gasteiger charge is 2.30. The van der Waals surface area contributed by atoms with Crippen molar-refractivity contribution in [3.63, 3.8) is 0 Å². The Kier molecular flexibility index (Phi) is 5.76. The Balaban J connectivity index is 1.87. The van der Waals surface area contributed by atoms with Crippen LogP contribution in [0.25, 0.3) is 22.3 Å². The monoisotopic (exact) mass is 419 g/mol. The number of amides is 2. The molecule has 7 nitrogen and oxygen atoms in total. The summed E-state index contributed by atoms with van der Waals surface area (Å²) in [7, 11) is 0. The van der Waals surface area contributed by atoms with Crippen LogP contribution in [0, 0.1) is 6.92 Å². The minimum absolute atomic E-state index is 0.0866. The molecular formula is C24H29N5O2. The zero-order valence-corrected chi connectivity index (χ0v) is 18.3. The topological polar surface area (TPSA) is 94.1 Å². The van der Waals surface area contributed by atoms with Gasteiger partial charge in [-0.3, -0.25) is 9.59 Å². The molecule has 4 rings (SSSR count). The van der Waals surface area contributed by atoms with Gasteiger partial charge < -0.3 is 10.6 Å². The summed E-state index contributed by atoms with van der Waals surface area (Å²) in [6, 6.07) is 9.84. The van der Waals surface area contributed by atoms with Crippen LogP contribution in [-0.4, -0.2) is 44.1 Å². The van der Waals surface area contributed by atoms with Crippen molar-refractivity contribution in [3.8, 4) is 11.3 Å². The van der Waals surface area contributed by atoms with E-state index >= 15 is 0 Å². The lowest BCUT2D eigenvalue weighted by atomic mass is 9.96. The maximum absolute atomic E-state index is 13.8. The van der Waals surface area contributed by atoms with Crippen LogP contribution in [0.5, 0.6) is 0 Å². The normalized spacial score (nSPS) is 16.8. The van der Waals surface area contributed by atoms with Gasteiger partial charge in [-0.25, -0.2) is 9.67 Å². The number of nitrogens with zero attached hydrogens (tertiary/aromatic N) is 4. The number of hydrogen-bond donors (Lipinski definition) is 1. The van der Waals surface area contributed by atoms with Crippen molar-refractivity contribution in [2.24, 2.45) is 5.73 Å². The number of piperidine rings is 1. The lowest BCUT2D eigenvalue weighted by molar-refractivity contribution is -0.119. The van der Waals surface area contributed by atoms with Gasteiger partial charge in [0.1, 0.15) is 0 Å². The Hall–Kier alpha value is -3.22. The fourth-order valence-electron chi connectivity index (χ4n) is 4.44. The van der Waals surface area contributed by atoms with Crippen LogP contribution < -0.4 is 5.73 Å². The van der Waals surface area contributed by atoms with Gasteiger partial charge in [-0.2, -0.15) is 5.10 Å². The molecular weight excluding hydrogens is 390 g/mol. The SMILES string of the molecule is Cc1ccccc1-c1cc(C(=O)N2CCCCC2CC(N)=O)c2cnn(C(C)C)c2n1. The van der Waals surface area contributed by atoms with Gasteiger partial charge in [0.25, 0.3) is 5.91 Å². The maximum atomic E-state index is 13.8. The molecule has 1 saturated heterocycles. The summed E-state index contributed by atoms with van der Waals surface area (Å²) in [5.41, 5.74) is 9.57. The second-order valence-corrected chi connectivity index (χ2v) is 8.61. The van der Waals surface area contributed by atoms with Gasteiger partial charge in [0.05, 0.1) is 22.8 Å². The summed E-state index contributed by atoms with van der Waals surface area (Å²) in [5, 5.41) is 5.25. The van der Waals surface area contributed by atoms with E-state index in [1.165, 1.54) is 0 Å². The fourth-order valence-corrected chi connectivity index (χ4v) is 4.44. The second kappa shape index (κ2) is 8.49. The van der Waals surface area contributed by atoms with Crippen molar-refractivity contribution in [2.75, 3.05) is 6.54 Å². The van der Waals surface area contributed by atoms with Crippen molar-refractivity contribution >= 4 is 22.8 Å². The third-order valence-corrected chi connectivity index (χ3v) is 6.03. The Bertz CT molecular complexity index is 1130. The Morgan fingerprint density at radius 3 is 2.71 bits per heavy atom. The highest BCUT2D eigenvalue weighted by Crippen LogP contribution is 2.30. The molecule has 3 aromatic rings. The van der Waals surface area contributed by atoms with Crippen LogP contribution in [0.4, 0.5) is 0 Å². The van der Waals surface area contributed by atoms with Crippen LogP contribution in [0.2, 0.25) is 0 Å². The van der Waals surface area contributed by atoms with E-state index in [0.29, 0.717) is 17.8 Å². The van der Waals surface area contributed by atoms with Crippen molar-refractivity contribution < 1.29 is 9.59 Å². The quantitative estimate of drug-likeness (QED) is 0.679. The van der Waals surface area contributed by atoms with Gasteiger partial charge in [0.15, 0.2) is 5.65 Å². The molecule has 0 saturated carbocycles. The smallest absolute Gasteiger partial charge is 0.255 e. The first kappa shape index (κ1) is 21.0. The van der Waals surface area contributed by atoms with Crippen LogP contribution in [0.3, 0.4) is 0 Å². The average Bonchev–Trinajstić information content (AvgIpc) is 3.17. The molecule has 2 aromatic heterocycles. The molecule has 0 aliphatic carbocycles. The summed E-state index contributed by atoms with van der Waals surface area (Å²) >= 11 is 0. The van der Waals surface area contributed by atoms with Gasteiger partial charge in [-0.05, 0) is 51.7 Å². The molecule has 1 atom stereocenters. The number of benzene rings is 1. The van der Waals surface area contributed by atoms with Crippen molar-refractivity contribution in [1.29, 1.82) is 0 Å². The number of aryl methyl sites for hydroxylation is 1. The Morgan fingerprint density at radius 2 is 2.00 bits per heavy atom. The first-order valence-electron chi connectivity index (χ1n) is 10.9. The number of rotatable bonds is 5. The molecule has 1 aliphatic rings. The summed E-state index contributed by atoms with van der Waals surface area (Å²) in [6.45, 7) is 6.75. The van der Waals surface area contributed by atoms with E-state index in [-0.39, 0.29) is 30.3 Å². The molecule has 1 aromatic carbocycles. The van der Waals surface area contributed by atoms with Crippen LogP contribution >= 0.6 is 0 Å². The predicted molar refractivity (Wildman–Crippen MR) is 121 cm³/mol. The van der Waals surface area contributed by atoms with Gasteiger partial charge >= 0.3 is 0 Å². The number of carbonyl (C=O) groups is 2. The second-order valence-electron chi connectivity index (χ2n) is 8.61. The van der Waals surface area contributed by atoms with Gasteiger partial charge in [-0.15, -0.1) is 0 Å². The Morgan fingerprint density at radius 1 is 1.23 bits per heavy atom. The zero-order chi connectivity index (χ0) is 22.1. The largest absolute Gasteiger partial charge is 0.370 e. The van der Waals surface area contributed by atoms with Crippen LogP contribution in [0.15, 0.2) is 36.5 Å². The molecule has 3 heterocycles. The number of aromatic nitrogens is 3. The number of nitrogens with two attached hydrogens (primary N) is 1. The van der Waals surface area contributed by atoms with Gasteiger partial charge in [-0.1, -0.05) is 24.3 Å². The molecule has 0 bridgehead atoms. The van der Waals surface area contributed by atoms with Crippen LogP contribution in [0.1, 0.15) is 61.5 Å². The van der Waals surface area contributed by atoms with E-state index in [1.54, 1.807) is 6.20 Å². The predicted octanol–water partition coefficient (Wildman–Crippen LogP) is 3.86. The van der Waals surface area contributed by atoms with Crippen molar-refractivity contribution in [3.05, 3.63) is 47.7 Å². The Labute approximate surface area is 182 Å². The van der Waals surface area contributed by atoms with E-state index in [4.69, 9.17) is 10.7 Å². The number of pyridine rings is 1. The molecule has 1 fully saturated rings. The number of carbonyl (C=O) groups excluding carboxylic acids is 2. The highest BCUT2D eigenvalue weighted by atomic mass is 16.2.